The second-order valence-corrected chi connectivity index (χ2v) is 6.35. The van der Waals surface area contributed by atoms with Gasteiger partial charge in [0.15, 0.2) is 0 Å². The SMILES string of the molecule is Cc1cc2c(s1)CCC(N)(c1ccccc1)C2. The Morgan fingerprint density at radius 1 is 1.24 bits per heavy atom. The fraction of sp³-hybridized carbons (Fsp3) is 0.333. The van der Waals surface area contributed by atoms with E-state index in [1.54, 1.807) is 4.88 Å². The van der Waals surface area contributed by atoms with Crippen LogP contribution in [-0.4, -0.2) is 0 Å². The van der Waals surface area contributed by atoms with Gasteiger partial charge < -0.3 is 5.73 Å². The number of aryl methyl sites for hydroxylation is 2. The molecule has 0 bridgehead atoms. The molecular formula is C15H17NS. The van der Waals surface area contributed by atoms with Crippen molar-refractivity contribution >= 4 is 11.3 Å². The first kappa shape index (κ1) is 11.0. The number of nitrogens with two attached hydrogens (primary N) is 1. The number of hydrogen-bond donors (Lipinski definition) is 1. The van der Waals surface area contributed by atoms with Gasteiger partial charge in [-0.1, -0.05) is 30.3 Å². The number of rotatable bonds is 1. The maximum Gasteiger partial charge on any atom is 0.0454 e. The van der Waals surface area contributed by atoms with Gasteiger partial charge in [0.25, 0.3) is 0 Å². The molecule has 1 unspecified atom stereocenters. The summed E-state index contributed by atoms with van der Waals surface area (Å²) in [7, 11) is 0. The van der Waals surface area contributed by atoms with Gasteiger partial charge in [-0.2, -0.15) is 0 Å². The van der Waals surface area contributed by atoms with Crippen LogP contribution in [0.15, 0.2) is 36.4 Å². The van der Waals surface area contributed by atoms with Crippen LogP contribution in [0, 0.1) is 6.92 Å². The molecule has 0 amide bonds. The summed E-state index contributed by atoms with van der Waals surface area (Å²) in [5.74, 6) is 0. The Bertz CT molecular complexity index is 529. The van der Waals surface area contributed by atoms with Gasteiger partial charge in [0, 0.05) is 15.3 Å². The third-order valence-electron chi connectivity index (χ3n) is 3.67. The van der Waals surface area contributed by atoms with Crippen molar-refractivity contribution in [3.05, 3.63) is 57.3 Å². The average molecular weight is 243 g/mol. The smallest absolute Gasteiger partial charge is 0.0454 e. The van der Waals surface area contributed by atoms with E-state index in [4.69, 9.17) is 5.73 Å². The lowest BCUT2D eigenvalue weighted by atomic mass is 9.77. The highest BCUT2D eigenvalue weighted by Crippen LogP contribution is 2.37. The Morgan fingerprint density at radius 2 is 2.00 bits per heavy atom. The van der Waals surface area contributed by atoms with Crippen molar-refractivity contribution in [1.29, 1.82) is 0 Å². The number of fused-ring (bicyclic) bond motifs is 1. The van der Waals surface area contributed by atoms with Crippen molar-refractivity contribution in [2.24, 2.45) is 5.73 Å². The quantitative estimate of drug-likeness (QED) is 0.816. The van der Waals surface area contributed by atoms with Gasteiger partial charge in [-0.15, -0.1) is 11.3 Å². The number of thiophene rings is 1. The molecule has 1 aromatic carbocycles. The van der Waals surface area contributed by atoms with Crippen LogP contribution >= 0.6 is 11.3 Å². The molecule has 0 spiro atoms. The highest BCUT2D eigenvalue weighted by molar-refractivity contribution is 7.12. The van der Waals surface area contributed by atoms with Crippen LogP contribution in [0.25, 0.3) is 0 Å². The van der Waals surface area contributed by atoms with Gasteiger partial charge in [0.05, 0.1) is 0 Å². The third-order valence-corrected chi connectivity index (χ3v) is 4.83. The van der Waals surface area contributed by atoms with E-state index in [1.807, 2.05) is 11.3 Å². The zero-order valence-electron chi connectivity index (χ0n) is 10.1. The molecule has 1 aromatic heterocycles. The molecule has 17 heavy (non-hydrogen) atoms. The van der Waals surface area contributed by atoms with E-state index < -0.39 is 0 Å². The van der Waals surface area contributed by atoms with Crippen LogP contribution in [0.4, 0.5) is 0 Å². The topological polar surface area (TPSA) is 26.0 Å². The predicted octanol–water partition coefficient (Wildman–Crippen LogP) is 3.40. The molecule has 0 saturated carbocycles. The zero-order valence-corrected chi connectivity index (χ0v) is 10.9. The van der Waals surface area contributed by atoms with Crippen LogP contribution in [0.1, 0.15) is 27.3 Å². The van der Waals surface area contributed by atoms with E-state index in [1.165, 1.54) is 16.0 Å². The summed E-state index contributed by atoms with van der Waals surface area (Å²) < 4.78 is 0. The highest BCUT2D eigenvalue weighted by Gasteiger charge is 2.32. The lowest BCUT2D eigenvalue weighted by Gasteiger charge is -2.34. The van der Waals surface area contributed by atoms with E-state index >= 15 is 0 Å². The van der Waals surface area contributed by atoms with Crippen molar-refractivity contribution in [3.63, 3.8) is 0 Å². The molecule has 0 saturated heterocycles. The van der Waals surface area contributed by atoms with Crippen LogP contribution in [-0.2, 0) is 18.4 Å². The maximum atomic E-state index is 6.61. The predicted molar refractivity (Wildman–Crippen MR) is 73.4 cm³/mol. The molecule has 88 valence electrons. The van der Waals surface area contributed by atoms with Crippen molar-refractivity contribution in [1.82, 2.24) is 0 Å². The minimum Gasteiger partial charge on any atom is -0.321 e. The molecule has 3 rings (SSSR count). The third kappa shape index (κ3) is 1.92. The Labute approximate surface area is 106 Å². The van der Waals surface area contributed by atoms with Gasteiger partial charge in [-0.05, 0) is 43.4 Å². The molecule has 2 aromatic rings. The van der Waals surface area contributed by atoms with E-state index in [9.17, 15) is 0 Å². The number of hydrogen-bond acceptors (Lipinski definition) is 2. The van der Waals surface area contributed by atoms with Crippen LogP contribution < -0.4 is 5.73 Å². The summed E-state index contributed by atoms with van der Waals surface area (Å²) in [6.07, 6.45) is 3.17. The second kappa shape index (κ2) is 3.97. The van der Waals surface area contributed by atoms with Gasteiger partial charge in [-0.3, -0.25) is 0 Å². The van der Waals surface area contributed by atoms with Crippen LogP contribution in [0.3, 0.4) is 0 Å². The van der Waals surface area contributed by atoms with Crippen LogP contribution in [0.5, 0.6) is 0 Å². The molecule has 1 atom stereocenters. The fourth-order valence-corrected chi connectivity index (χ4v) is 3.81. The van der Waals surface area contributed by atoms with E-state index in [0.29, 0.717) is 0 Å². The van der Waals surface area contributed by atoms with Crippen molar-refractivity contribution in [2.75, 3.05) is 0 Å². The van der Waals surface area contributed by atoms with Crippen molar-refractivity contribution in [3.8, 4) is 0 Å². The molecule has 0 radical (unpaired) electrons. The Balaban J connectivity index is 1.97. The fourth-order valence-electron chi connectivity index (χ4n) is 2.76. The van der Waals surface area contributed by atoms with Gasteiger partial charge in [-0.25, -0.2) is 0 Å². The molecule has 2 heteroatoms. The lowest BCUT2D eigenvalue weighted by Crippen LogP contribution is -2.41. The van der Waals surface area contributed by atoms with Gasteiger partial charge in [0.2, 0.25) is 0 Å². The molecule has 1 heterocycles. The second-order valence-electron chi connectivity index (χ2n) is 5.00. The van der Waals surface area contributed by atoms with Gasteiger partial charge in [0.1, 0.15) is 0 Å². The van der Waals surface area contributed by atoms with E-state index in [-0.39, 0.29) is 5.54 Å². The summed E-state index contributed by atoms with van der Waals surface area (Å²) in [4.78, 5) is 2.95. The molecule has 2 N–H and O–H groups in total. The Kier molecular flexibility index (Phi) is 2.57. The molecule has 0 fully saturated rings. The Hall–Kier alpha value is -1.12. The molecule has 1 aliphatic carbocycles. The largest absolute Gasteiger partial charge is 0.321 e. The standard InChI is InChI=1S/C15H17NS/c1-11-9-12-10-15(16,8-7-14(12)17-11)13-5-3-2-4-6-13/h2-6,9H,7-8,10,16H2,1H3. The minimum absolute atomic E-state index is 0.165. The maximum absolute atomic E-state index is 6.61. The van der Waals surface area contributed by atoms with Gasteiger partial charge >= 0.3 is 0 Å². The zero-order chi connectivity index (χ0) is 11.9. The lowest BCUT2D eigenvalue weighted by molar-refractivity contribution is 0.388. The Morgan fingerprint density at radius 3 is 2.76 bits per heavy atom. The summed E-state index contributed by atoms with van der Waals surface area (Å²) in [5.41, 5.74) is 9.18. The summed E-state index contributed by atoms with van der Waals surface area (Å²) in [6.45, 7) is 2.18. The summed E-state index contributed by atoms with van der Waals surface area (Å²) in [5, 5.41) is 0. The summed E-state index contributed by atoms with van der Waals surface area (Å²) >= 11 is 1.93. The first-order valence-corrected chi connectivity index (χ1v) is 6.92. The van der Waals surface area contributed by atoms with Crippen LogP contribution in [0.2, 0.25) is 0 Å². The molecule has 0 aliphatic heterocycles. The van der Waals surface area contributed by atoms with E-state index in [2.05, 4.69) is 43.3 Å². The average Bonchev–Trinajstić information content (AvgIpc) is 2.69. The first-order valence-electron chi connectivity index (χ1n) is 6.10. The summed E-state index contributed by atoms with van der Waals surface area (Å²) in [6, 6.07) is 12.8. The van der Waals surface area contributed by atoms with Crippen molar-refractivity contribution in [2.45, 2.75) is 31.7 Å². The molecular weight excluding hydrogens is 226 g/mol. The monoisotopic (exact) mass is 243 g/mol. The minimum atomic E-state index is -0.165. The highest BCUT2D eigenvalue weighted by atomic mass is 32.1. The molecule has 1 nitrogen and oxygen atoms in total. The van der Waals surface area contributed by atoms with Crippen molar-refractivity contribution < 1.29 is 0 Å². The first-order chi connectivity index (χ1) is 8.17. The number of benzene rings is 1. The van der Waals surface area contributed by atoms with E-state index in [0.717, 1.165) is 19.3 Å². The normalized spacial score (nSPS) is 23.4. The molecule has 1 aliphatic rings.